The molecule has 0 heterocycles. The van der Waals surface area contributed by atoms with E-state index >= 15 is 0 Å². The Kier molecular flexibility index (Phi) is 5.23. The highest BCUT2D eigenvalue weighted by molar-refractivity contribution is 5.86. The first-order valence-electron chi connectivity index (χ1n) is 8.33. The van der Waals surface area contributed by atoms with Crippen LogP contribution in [-0.2, 0) is 9.59 Å². The summed E-state index contributed by atoms with van der Waals surface area (Å²) < 4.78 is 0. The number of nitrogens with one attached hydrogen (secondary N) is 1. The van der Waals surface area contributed by atoms with Gasteiger partial charge in [-0.3, -0.25) is 14.9 Å². The van der Waals surface area contributed by atoms with Crippen molar-refractivity contribution < 1.29 is 14.7 Å². The molecule has 0 radical (unpaired) electrons. The Morgan fingerprint density at radius 3 is 2.05 bits per heavy atom. The van der Waals surface area contributed by atoms with E-state index in [0.29, 0.717) is 12.2 Å². The number of aliphatic hydroxyl groups excluding tert-OH is 1. The van der Waals surface area contributed by atoms with Crippen molar-refractivity contribution in [2.24, 2.45) is 10.8 Å². The van der Waals surface area contributed by atoms with Gasteiger partial charge in [-0.15, -0.1) is 0 Å². The average Bonchev–Trinajstić information content (AvgIpc) is 3.34. The molecule has 0 spiro atoms. The number of hydrogen-bond donors (Lipinski definition) is 2. The van der Waals surface area contributed by atoms with Gasteiger partial charge in [0.15, 0.2) is 6.19 Å². The Hall–Kier alpha value is -1.41. The fraction of sp³-hybridized carbons (Fsp3) is 0.824. The highest BCUT2D eigenvalue weighted by atomic mass is 16.3. The highest BCUT2D eigenvalue weighted by Gasteiger charge is 2.49. The van der Waals surface area contributed by atoms with E-state index in [1.165, 1.54) is 0 Å². The van der Waals surface area contributed by atoms with Crippen molar-refractivity contribution in [2.45, 2.75) is 77.2 Å². The molecule has 0 aromatic carbocycles. The normalized spacial score (nSPS) is 21.5. The van der Waals surface area contributed by atoms with Crippen molar-refractivity contribution in [3.05, 3.63) is 0 Å². The zero-order valence-electron chi connectivity index (χ0n) is 13.4. The number of ketones is 1. The number of aliphatic hydroxyl groups is 1. The van der Waals surface area contributed by atoms with E-state index in [1.54, 1.807) is 13.1 Å². The van der Waals surface area contributed by atoms with Gasteiger partial charge in [-0.1, -0.05) is 0 Å². The summed E-state index contributed by atoms with van der Waals surface area (Å²) in [5, 5.41) is 20.8. The van der Waals surface area contributed by atoms with E-state index < -0.39 is 0 Å². The quantitative estimate of drug-likeness (QED) is 0.479. The predicted molar refractivity (Wildman–Crippen MR) is 81.5 cm³/mol. The number of hydrogen-bond acceptors (Lipinski definition) is 4. The van der Waals surface area contributed by atoms with E-state index in [1.807, 2.05) is 0 Å². The minimum Gasteiger partial charge on any atom is -0.393 e. The van der Waals surface area contributed by atoms with Crippen LogP contribution in [0, 0.1) is 22.3 Å². The van der Waals surface area contributed by atoms with Crippen LogP contribution < -0.4 is 5.32 Å². The molecule has 2 saturated carbocycles. The van der Waals surface area contributed by atoms with E-state index in [4.69, 9.17) is 5.26 Å². The SMILES string of the molecule is CC(=O)C1(CCCC(O)CCCC2(C(=O)NC#N)CC2)CC1. The number of carbonyl (C=O) groups is 2. The fourth-order valence-corrected chi connectivity index (χ4v) is 3.35. The lowest BCUT2D eigenvalue weighted by Gasteiger charge is -2.16. The lowest BCUT2D eigenvalue weighted by Crippen LogP contribution is -2.28. The predicted octanol–water partition coefficient (Wildman–Crippen LogP) is 2.43. The molecule has 122 valence electrons. The molecule has 2 aliphatic carbocycles. The van der Waals surface area contributed by atoms with Gasteiger partial charge in [-0.05, 0) is 71.1 Å². The van der Waals surface area contributed by atoms with Crippen LogP contribution in [0.4, 0.5) is 0 Å². The third-order valence-electron chi connectivity index (χ3n) is 5.49. The number of carbonyl (C=O) groups excluding carboxylic acids is 2. The largest absolute Gasteiger partial charge is 0.393 e. The van der Waals surface area contributed by atoms with E-state index in [-0.39, 0.29) is 22.8 Å². The van der Waals surface area contributed by atoms with Crippen LogP contribution in [0.25, 0.3) is 0 Å². The zero-order valence-corrected chi connectivity index (χ0v) is 13.4. The van der Waals surface area contributed by atoms with E-state index in [2.05, 4.69) is 5.32 Å². The molecule has 2 aliphatic rings. The van der Waals surface area contributed by atoms with Gasteiger partial charge in [0, 0.05) is 5.41 Å². The van der Waals surface area contributed by atoms with Gasteiger partial charge in [0.1, 0.15) is 5.78 Å². The van der Waals surface area contributed by atoms with Gasteiger partial charge in [0.05, 0.1) is 11.5 Å². The van der Waals surface area contributed by atoms with Gasteiger partial charge in [-0.2, -0.15) is 5.26 Å². The molecule has 0 aromatic heterocycles. The third-order valence-corrected chi connectivity index (χ3v) is 5.49. The van der Waals surface area contributed by atoms with Crippen molar-refractivity contribution in [1.29, 1.82) is 5.26 Å². The molecule has 5 heteroatoms. The van der Waals surface area contributed by atoms with Gasteiger partial charge in [0.25, 0.3) is 0 Å². The van der Waals surface area contributed by atoms with Crippen LogP contribution in [0.5, 0.6) is 0 Å². The maximum Gasteiger partial charge on any atom is 0.239 e. The first-order chi connectivity index (χ1) is 10.4. The molecule has 1 amide bonds. The number of nitrogens with zero attached hydrogens (tertiary/aromatic N) is 1. The van der Waals surface area contributed by atoms with E-state index in [0.717, 1.165) is 57.8 Å². The molecule has 1 atom stereocenters. The topological polar surface area (TPSA) is 90.2 Å². The molecule has 22 heavy (non-hydrogen) atoms. The maximum absolute atomic E-state index is 11.7. The molecule has 2 N–H and O–H groups in total. The first-order valence-corrected chi connectivity index (χ1v) is 8.33. The second kappa shape index (κ2) is 6.78. The summed E-state index contributed by atoms with van der Waals surface area (Å²) in [7, 11) is 0. The molecule has 0 aliphatic heterocycles. The maximum atomic E-state index is 11.7. The summed E-state index contributed by atoms with van der Waals surface area (Å²) in [4.78, 5) is 23.2. The minimum absolute atomic E-state index is 0.0623. The Morgan fingerprint density at radius 2 is 1.64 bits per heavy atom. The van der Waals surface area contributed by atoms with Crippen LogP contribution >= 0.6 is 0 Å². The molecule has 0 bridgehead atoms. The average molecular weight is 306 g/mol. The summed E-state index contributed by atoms with van der Waals surface area (Å²) >= 11 is 0. The second-order valence-corrected chi connectivity index (χ2v) is 7.12. The Labute approximate surface area is 132 Å². The summed E-state index contributed by atoms with van der Waals surface area (Å²) in [6, 6.07) is 0. The Balaban J connectivity index is 1.59. The molecule has 5 nitrogen and oxygen atoms in total. The molecule has 0 aromatic rings. The van der Waals surface area contributed by atoms with Crippen molar-refractivity contribution in [1.82, 2.24) is 5.32 Å². The van der Waals surface area contributed by atoms with Gasteiger partial charge < -0.3 is 5.11 Å². The molecule has 2 fully saturated rings. The summed E-state index contributed by atoms with van der Waals surface area (Å²) in [5.74, 6) is 0.128. The Bertz CT molecular complexity index is 473. The highest BCUT2D eigenvalue weighted by Crippen LogP contribution is 2.51. The standard InChI is InChI=1S/C17H26N2O3/c1-13(20)16(8-9-16)6-2-4-14(21)5-3-7-17(10-11-17)15(22)19-12-18/h14,21H,2-11H2,1H3,(H,19,22). The summed E-state index contributed by atoms with van der Waals surface area (Å²) in [6.07, 6.45) is 9.80. The van der Waals surface area contributed by atoms with Crippen LogP contribution in [-0.4, -0.2) is 22.9 Å². The van der Waals surface area contributed by atoms with Crippen LogP contribution in [0.15, 0.2) is 0 Å². The second-order valence-electron chi connectivity index (χ2n) is 7.12. The third kappa shape index (κ3) is 4.07. The van der Waals surface area contributed by atoms with Crippen molar-refractivity contribution in [2.75, 3.05) is 0 Å². The molecule has 1 unspecified atom stereocenters. The number of rotatable bonds is 10. The molecular weight excluding hydrogens is 280 g/mol. The van der Waals surface area contributed by atoms with Gasteiger partial charge in [0.2, 0.25) is 5.91 Å². The summed E-state index contributed by atoms with van der Waals surface area (Å²) in [6.45, 7) is 1.67. The molecule has 0 saturated heterocycles. The van der Waals surface area contributed by atoms with Crippen molar-refractivity contribution >= 4 is 11.7 Å². The van der Waals surface area contributed by atoms with E-state index in [9.17, 15) is 14.7 Å². The van der Waals surface area contributed by atoms with Gasteiger partial charge in [-0.25, -0.2) is 0 Å². The molecular formula is C17H26N2O3. The first kappa shape index (κ1) is 17.0. The lowest BCUT2D eigenvalue weighted by atomic mass is 9.92. The monoisotopic (exact) mass is 306 g/mol. The van der Waals surface area contributed by atoms with Crippen molar-refractivity contribution in [3.63, 3.8) is 0 Å². The van der Waals surface area contributed by atoms with Crippen molar-refractivity contribution in [3.8, 4) is 6.19 Å². The van der Waals surface area contributed by atoms with Crippen LogP contribution in [0.1, 0.15) is 71.1 Å². The number of nitriles is 1. The lowest BCUT2D eigenvalue weighted by molar-refractivity contribution is -0.125. The smallest absolute Gasteiger partial charge is 0.239 e. The van der Waals surface area contributed by atoms with Crippen LogP contribution in [0.3, 0.4) is 0 Å². The Morgan fingerprint density at radius 1 is 1.14 bits per heavy atom. The number of amides is 1. The summed E-state index contributed by atoms with van der Waals surface area (Å²) in [5.41, 5.74) is -0.407. The number of Topliss-reactive ketones (excluding diaryl/α,β-unsaturated/α-hetero) is 1. The molecule has 2 rings (SSSR count). The minimum atomic E-state index is -0.349. The van der Waals surface area contributed by atoms with Gasteiger partial charge >= 0.3 is 0 Å². The fourth-order valence-electron chi connectivity index (χ4n) is 3.35. The van der Waals surface area contributed by atoms with Crippen LogP contribution in [0.2, 0.25) is 0 Å². The zero-order chi connectivity index (χ0) is 16.2.